The van der Waals surface area contributed by atoms with Gasteiger partial charge in [-0.3, -0.25) is 4.79 Å². The summed E-state index contributed by atoms with van der Waals surface area (Å²) in [6.07, 6.45) is 10.0. The molecule has 4 aliphatic rings. The first kappa shape index (κ1) is 11.3. The molecule has 1 aliphatic heterocycles. The van der Waals surface area contributed by atoms with Gasteiger partial charge in [0.2, 0.25) is 5.91 Å². The molecule has 3 unspecified atom stereocenters. The van der Waals surface area contributed by atoms with Crippen molar-refractivity contribution >= 4 is 5.91 Å². The number of fused-ring (bicyclic) bond motifs is 1. The Morgan fingerprint density at radius 1 is 1.17 bits per heavy atom. The first-order valence-electron chi connectivity index (χ1n) is 7.80. The second kappa shape index (κ2) is 3.96. The lowest BCUT2D eigenvalue weighted by molar-refractivity contribution is -0.126. The van der Waals surface area contributed by atoms with Gasteiger partial charge in [0.05, 0.1) is 0 Å². The maximum atomic E-state index is 12.3. The zero-order valence-corrected chi connectivity index (χ0v) is 11.1. The highest BCUT2D eigenvalue weighted by molar-refractivity contribution is 5.79. The number of hydrogen-bond donors (Lipinski definition) is 2. The van der Waals surface area contributed by atoms with E-state index in [1.54, 1.807) is 0 Å². The molecule has 0 aromatic carbocycles. The van der Waals surface area contributed by atoms with Crippen molar-refractivity contribution in [2.75, 3.05) is 6.54 Å². The summed E-state index contributed by atoms with van der Waals surface area (Å²) in [6, 6.07) is 0.441. The van der Waals surface area contributed by atoms with E-state index in [0.717, 1.165) is 31.2 Å². The minimum absolute atomic E-state index is 0.348. The topological polar surface area (TPSA) is 41.1 Å². The minimum Gasteiger partial charge on any atom is -0.353 e. The molecular weight excluding hydrogens is 224 g/mol. The molecule has 0 bridgehead atoms. The molecule has 2 N–H and O–H groups in total. The normalized spacial score (nSPS) is 44.2. The Balaban J connectivity index is 1.32. The summed E-state index contributed by atoms with van der Waals surface area (Å²) in [5.41, 5.74) is 0.397. The summed E-state index contributed by atoms with van der Waals surface area (Å²) in [5, 5.41) is 7.01. The molecule has 3 aliphatic carbocycles. The van der Waals surface area contributed by atoms with Crippen LogP contribution in [0.25, 0.3) is 0 Å². The van der Waals surface area contributed by atoms with Crippen molar-refractivity contribution in [2.45, 2.75) is 62.9 Å². The van der Waals surface area contributed by atoms with E-state index < -0.39 is 0 Å². The number of carbonyl (C=O) groups is 1. The Labute approximate surface area is 109 Å². The minimum atomic E-state index is 0.348. The van der Waals surface area contributed by atoms with Crippen LogP contribution in [-0.4, -0.2) is 24.0 Å². The van der Waals surface area contributed by atoms with Gasteiger partial charge in [-0.25, -0.2) is 0 Å². The number of rotatable bonds is 2. The number of amides is 1. The van der Waals surface area contributed by atoms with Gasteiger partial charge in [0.15, 0.2) is 0 Å². The molecule has 1 heterocycles. The molecule has 1 saturated heterocycles. The fourth-order valence-corrected chi connectivity index (χ4v) is 4.51. The van der Waals surface area contributed by atoms with Crippen LogP contribution >= 0.6 is 0 Å². The van der Waals surface area contributed by atoms with Crippen molar-refractivity contribution in [3.05, 3.63) is 0 Å². The predicted octanol–water partition coefficient (Wildman–Crippen LogP) is 1.82. The lowest BCUT2D eigenvalue weighted by Crippen LogP contribution is -2.60. The van der Waals surface area contributed by atoms with E-state index in [1.165, 1.54) is 38.5 Å². The molecule has 18 heavy (non-hydrogen) atoms. The van der Waals surface area contributed by atoms with Crippen molar-refractivity contribution in [1.29, 1.82) is 0 Å². The van der Waals surface area contributed by atoms with Crippen LogP contribution in [-0.2, 0) is 4.79 Å². The van der Waals surface area contributed by atoms with Crippen molar-refractivity contribution in [3.8, 4) is 0 Å². The molecule has 100 valence electrons. The summed E-state index contributed by atoms with van der Waals surface area (Å²) in [5.74, 6) is 2.53. The molecule has 4 fully saturated rings. The van der Waals surface area contributed by atoms with Crippen molar-refractivity contribution in [2.24, 2.45) is 17.8 Å². The van der Waals surface area contributed by atoms with Gasteiger partial charge in [-0.2, -0.15) is 0 Å². The van der Waals surface area contributed by atoms with Crippen LogP contribution in [0.15, 0.2) is 0 Å². The highest BCUT2D eigenvalue weighted by atomic mass is 16.2. The highest BCUT2D eigenvalue weighted by Crippen LogP contribution is 2.54. The lowest BCUT2D eigenvalue weighted by Gasteiger charge is -2.48. The Morgan fingerprint density at radius 3 is 2.61 bits per heavy atom. The molecule has 1 spiro atoms. The Kier molecular flexibility index (Phi) is 2.48. The van der Waals surface area contributed by atoms with E-state index in [0.29, 0.717) is 23.4 Å². The maximum Gasteiger partial charge on any atom is 0.223 e. The molecule has 3 atom stereocenters. The molecule has 1 amide bonds. The van der Waals surface area contributed by atoms with Crippen LogP contribution in [0.1, 0.15) is 51.4 Å². The molecule has 0 radical (unpaired) electrons. The third-order valence-electron chi connectivity index (χ3n) is 5.90. The van der Waals surface area contributed by atoms with Gasteiger partial charge in [0, 0.05) is 17.5 Å². The summed E-state index contributed by atoms with van der Waals surface area (Å²) in [6.45, 7) is 1.08. The zero-order chi connectivity index (χ0) is 12.2. The summed E-state index contributed by atoms with van der Waals surface area (Å²) >= 11 is 0. The molecular formula is C15H24N2O. The highest BCUT2D eigenvalue weighted by Gasteiger charge is 2.48. The molecule has 0 aromatic rings. The summed E-state index contributed by atoms with van der Waals surface area (Å²) in [7, 11) is 0. The van der Waals surface area contributed by atoms with Crippen molar-refractivity contribution < 1.29 is 4.79 Å². The first-order valence-corrected chi connectivity index (χ1v) is 7.80. The van der Waals surface area contributed by atoms with Gasteiger partial charge >= 0.3 is 0 Å². The van der Waals surface area contributed by atoms with Crippen molar-refractivity contribution in [3.63, 3.8) is 0 Å². The quantitative estimate of drug-likeness (QED) is 0.782. The zero-order valence-electron chi connectivity index (χ0n) is 11.1. The van der Waals surface area contributed by atoms with Crippen LogP contribution in [0.4, 0.5) is 0 Å². The maximum absolute atomic E-state index is 12.3. The third kappa shape index (κ3) is 1.87. The fourth-order valence-electron chi connectivity index (χ4n) is 4.51. The average molecular weight is 248 g/mol. The lowest BCUT2D eigenvalue weighted by atomic mass is 9.70. The van der Waals surface area contributed by atoms with Crippen LogP contribution < -0.4 is 10.6 Å². The average Bonchev–Trinajstić information content (AvgIpc) is 2.94. The van der Waals surface area contributed by atoms with Gasteiger partial charge in [-0.05, 0) is 69.7 Å². The molecule has 3 nitrogen and oxygen atoms in total. The molecule has 4 rings (SSSR count). The van der Waals surface area contributed by atoms with Gasteiger partial charge in [0.25, 0.3) is 0 Å². The molecule has 0 aromatic heterocycles. The fraction of sp³-hybridized carbons (Fsp3) is 0.933. The number of nitrogens with one attached hydrogen (secondary N) is 2. The van der Waals surface area contributed by atoms with Crippen LogP contribution in [0.2, 0.25) is 0 Å². The van der Waals surface area contributed by atoms with Gasteiger partial charge in [0.1, 0.15) is 0 Å². The van der Waals surface area contributed by atoms with Crippen molar-refractivity contribution in [1.82, 2.24) is 10.6 Å². The van der Waals surface area contributed by atoms with E-state index in [2.05, 4.69) is 10.6 Å². The van der Waals surface area contributed by atoms with Gasteiger partial charge in [-0.1, -0.05) is 0 Å². The number of hydrogen-bond acceptors (Lipinski definition) is 2. The van der Waals surface area contributed by atoms with E-state index in [1.807, 2.05) is 0 Å². The van der Waals surface area contributed by atoms with E-state index in [-0.39, 0.29) is 0 Å². The van der Waals surface area contributed by atoms with Crippen LogP contribution in [0.3, 0.4) is 0 Å². The summed E-state index contributed by atoms with van der Waals surface area (Å²) < 4.78 is 0. The SMILES string of the molecule is O=C(NC1CCNC2(CCC2)C1)C1CC2CC2C1. The Bertz CT molecular complexity index is 354. The number of piperidine rings is 1. The van der Waals surface area contributed by atoms with Gasteiger partial charge in [-0.15, -0.1) is 0 Å². The predicted molar refractivity (Wildman–Crippen MR) is 70.1 cm³/mol. The smallest absolute Gasteiger partial charge is 0.223 e. The monoisotopic (exact) mass is 248 g/mol. The van der Waals surface area contributed by atoms with E-state index >= 15 is 0 Å². The molecule has 3 saturated carbocycles. The van der Waals surface area contributed by atoms with Gasteiger partial charge < -0.3 is 10.6 Å². The first-order chi connectivity index (χ1) is 8.74. The Hall–Kier alpha value is -0.570. The van der Waals surface area contributed by atoms with Crippen LogP contribution in [0, 0.1) is 17.8 Å². The third-order valence-corrected chi connectivity index (χ3v) is 5.90. The van der Waals surface area contributed by atoms with Crippen LogP contribution in [0.5, 0.6) is 0 Å². The Morgan fingerprint density at radius 2 is 1.94 bits per heavy atom. The second-order valence-corrected chi connectivity index (χ2v) is 7.18. The van der Waals surface area contributed by atoms with E-state index in [9.17, 15) is 4.79 Å². The largest absolute Gasteiger partial charge is 0.353 e. The molecule has 3 heteroatoms. The second-order valence-electron chi connectivity index (χ2n) is 7.18. The number of carbonyl (C=O) groups excluding carboxylic acids is 1. The van der Waals surface area contributed by atoms with E-state index in [4.69, 9.17) is 0 Å². The standard InChI is InChI=1S/C15H24N2O/c18-14(12-7-10-6-11(10)8-12)17-13-2-5-16-15(9-13)3-1-4-15/h10-13,16H,1-9H2,(H,17,18). The summed E-state index contributed by atoms with van der Waals surface area (Å²) in [4.78, 5) is 12.3.